The van der Waals surface area contributed by atoms with Crippen LogP contribution in [-0.4, -0.2) is 49.4 Å². The van der Waals surface area contributed by atoms with Crippen LogP contribution >= 0.6 is 0 Å². The third-order valence-electron chi connectivity index (χ3n) is 3.03. The monoisotopic (exact) mass is 532 g/mol. The van der Waals surface area contributed by atoms with Crippen molar-refractivity contribution < 1.29 is 10.2 Å². The van der Waals surface area contributed by atoms with Crippen molar-refractivity contribution in [3.8, 4) is 0 Å². The Morgan fingerprint density at radius 2 is 0.923 bits per heavy atom. The molecule has 6 heteroatoms. The summed E-state index contributed by atoms with van der Waals surface area (Å²) in [4.78, 5) is 0. The molecule has 0 rings (SSSR count). The number of aliphatic hydroxyl groups is 2. The number of hydrogen-bond acceptors (Lipinski definition) is 5. The van der Waals surface area contributed by atoms with E-state index in [1.807, 2.05) is 0 Å². The summed E-state index contributed by atoms with van der Waals surface area (Å²) in [5.41, 5.74) is -1.17. The zero-order valence-electron chi connectivity index (χ0n) is 17.7. The van der Waals surface area contributed by atoms with Gasteiger partial charge in [-0.2, -0.15) is 5.75 Å². The topological polar surface area (TPSA) is 40.5 Å². The summed E-state index contributed by atoms with van der Waals surface area (Å²) in [6, 6.07) is 0. The maximum absolute atomic E-state index is 7.87. The van der Waals surface area contributed by atoms with E-state index in [4.69, 9.17) is 22.8 Å². The van der Waals surface area contributed by atoms with Gasteiger partial charge in [-0.3, -0.25) is 0 Å². The van der Waals surface area contributed by atoms with Crippen LogP contribution in [0.5, 0.6) is 0 Å². The summed E-state index contributed by atoms with van der Waals surface area (Å²) >= 11 is 14.9. The summed E-state index contributed by atoms with van der Waals surface area (Å²) < 4.78 is 1.43. The predicted octanol–water partition coefficient (Wildman–Crippen LogP) is 5.57. The van der Waals surface area contributed by atoms with Gasteiger partial charge in [-0.05, 0) is 0 Å². The van der Waals surface area contributed by atoms with Gasteiger partial charge >= 0.3 is 46.7 Å². The molecule has 0 fully saturated rings. The maximum atomic E-state index is 7.87. The Bertz CT molecular complexity index is 174. The molecule has 2 N–H and O–H groups in total. The van der Waals surface area contributed by atoms with Crippen LogP contribution in [0.25, 0.3) is 0 Å². The Morgan fingerprint density at radius 3 is 1.12 bits per heavy atom. The predicted molar refractivity (Wildman–Crippen MR) is 128 cm³/mol. The van der Waals surface area contributed by atoms with Crippen molar-refractivity contribution in [2.24, 2.45) is 0 Å². The zero-order valence-corrected chi connectivity index (χ0v) is 23.0. The Kier molecular flexibility index (Phi) is 50.8. The molecule has 0 saturated heterocycles. The molecule has 0 aliphatic rings. The first-order chi connectivity index (χ1) is 12.3. The summed E-state index contributed by atoms with van der Waals surface area (Å²) in [5, 5.41) is 15.7. The quantitative estimate of drug-likeness (QED) is 0.196. The van der Waals surface area contributed by atoms with E-state index in [1.54, 1.807) is 22.5 Å². The third-order valence-corrected chi connectivity index (χ3v) is 4.33. The fraction of sp³-hybridized carbons (Fsp3) is 1.00. The first-order valence-corrected chi connectivity index (χ1v) is 13.7. The van der Waals surface area contributed by atoms with Crippen molar-refractivity contribution in [1.82, 2.24) is 0 Å². The van der Waals surface area contributed by atoms with Crippen LogP contribution in [0.4, 0.5) is 0 Å². The summed E-state index contributed by atoms with van der Waals surface area (Å²) in [6.07, 6.45) is 16.8. The molecule has 2 atom stereocenters. The van der Waals surface area contributed by atoms with Crippen molar-refractivity contribution in [2.75, 3.05) is 5.75 Å². The van der Waals surface area contributed by atoms with Crippen molar-refractivity contribution in [3.05, 3.63) is 0 Å². The Hall–Kier alpha value is 1.77. The van der Waals surface area contributed by atoms with Crippen LogP contribution in [0.1, 0.15) is 105 Å². The molecule has 2 nitrogen and oxygen atoms in total. The second-order valence-corrected chi connectivity index (χ2v) is 9.39. The molecule has 0 aliphatic heterocycles. The normalized spacial score (nSPS) is 11.8. The standard InChI is InChI=1S/C12H26S.C4H9.2C2H6OS.Sn/c1-2-3-4-5-6-7-8-9-10-11-12-13;1-3-4-2;2*1-2(3)4;/h13H,2-12H2,1H3;1,3-4H2,2H3;2*2-4H,1H3;/q;;;;+3/p-3. The molecule has 26 heavy (non-hydrogen) atoms. The van der Waals surface area contributed by atoms with Crippen molar-refractivity contribution in [2.45, 2.75) is 120 Å². The van der Waals surface area contributed by atoms with Gasteiger partial charge in [0.2, 0.25) is 0 Å². The summed E-state index contributed by atoms with van der Waals surface area (Å²) in [6.45, 7) is 7.57. The molecule has 0 aromatic rings. The number of aliphatic hydroxyl groups excluding tert-OH is 2. The van der Waals surface area contributed by atoms with Gasteiger partial charge in [-0.25, -0.2) is 0 Å². The average molecular weight is 531 g/mol. The van der Waals surface area contributed by atoms with E-state index in [-0.39, 0.29) is 0 Å². The van der Waals surface area contributed by atoms with Gasteiger partial charge in [-0.1, -0.05) is 95.9 Å². The van der Waals surface area contributed by atoms with Gasteiger partial charge < -0.3 is 48.1 Å². The van der Waals surface area contributed by atoms with Crippen LogP contribution in [0.3, 0.4) is 0 Å². The molecule has 0 bridgehead atoms. The number of rotatable bonds is 12. The van der Waals surface area contributed by atoms with E-state index in [9.17, 15) is 0 Å². The molecule has 0 aliphatic carbocycles. The molecule has 0 aromatic heterocycles. The molecule has 0 saturated carbocycles. The van der Waals surface area contributed by atoms with E-state index in [0.29, 0.717) is 0 Å². The number of hydrogen-bond donors (Lipinski definition) is 2. The fourth-order valence-corrected chi connectivity index (χ4v) is 2.98. The van der Waals surface area contributed by atoms with Gasteiger partial charge in [0, 0.05) is 0 Å². The van der Waals surface area contributed by atoms with Gasteiger partial charge in [0.1, 0.15) is 0 Å². The van der Waals surface area contributed by atoms with E-state index < -0.39 is 10.9 Å². The molecule has 158 valence electrons. The van der Waals surface area contributed by atoms with E-state index in [1.165, 1.54) is 95.3 Å². The Morgan fingerprint density at radius 1 is 0.654 bits per heavy atom. The first-order valence-electron chi connectivity index (χ1n) is 10.2. The second kappa shape index (κ2) is 37.5. The summed E-state index contributed by atoms with van der Waals surface area (Å²) in [5.74, 6) is 0.955. The molecule has 0 spiro atoms. The third kappa shape index (κ3) is 83.4. The van der Waals surface area contributed by atoms with E-state index in [0.717, 1.165) is 5.75 Å². The van der Waals surface area contributed by atoms with Gasteiger partial charge in [0.25, 0.3) is 0 Å². The fourth-order valence-electron chi connectivity index (χ4n) is 1.77. The minimum absolute atomic E-state index is 0.583. The van der Waals surface area contributed by atoms with Gasteiger partial charge in [0.05, 0.1) is 0 Å². The summed E-state index contributed by atoms with van der Waals surface area (Å²) in [7, 11) is 0. The Labute approximate surface area is 195 Å². The zero-order chi connectivity index (χ0) is 21.1. The van der Waals surface area contributed by atoms with Crippen molar-refractivity contribution >= 4 is 60.4 Å². The molecule has 0 heterocycles. The van der Waals surface area contributed by atoms with Gasteiger partial charge in [-0.15, -0.1) is 0 Å². The molecule has 0 radical (unpaired) electrons. The molecular formula is C20H44O2S3Sn. The van der Waals surface area contributed by atoms with Crippen molar-refractivity contribution in [3.63, 3.8) is 0 Å². The molecule has 2 unspecified atom stereocenters. The minimum atomic E-state index is -0.583. The average Bonchev–Trinajstić information content (AvgIpc) is 2.54. The SMILES string of the molecule is CC(O)[S-].CC(O)[S-].CCCCCCCCCCCC[S-].CCC[CH2][Sn+3]. The van der Waals surface area contributed by atoms with Crippen molar-refractivity contribution in [1.29, 1.82) is 0 Å². The first kappa shape index (κ1) is 35.2. The second-order valence-electron chi connectivity index (χ2n) is 6.19. The van der Waals surface area contributed by atoms with Crippen LogP contribution in [0, 0.1) is 0 Å². The molecule has 0 aromatic carbocycles. The van der Waals surface area contributed by atoms with Gasteiger partial charge in [0.15, 0.2) is 0 Å². The van der Waals surface area contributed by atoms with E-state index >= 15 is 0 Å². The molecule has 0 amide bonds. The molecular weight excluding hydrogens is 487 g/mol. The van der Waals surface area contributed by atoms with Crippen LogP contribution in [0.2, 0.25) is 4.44 Å². The van der Waals surface area contributed by atoms with E-state index in [2.05, 4.69) is 39.1 Å². The Balaban J connectivity index is -0.000000152. The van der Waals surface area contributed by atoms with Crippen LogP contribution in [0.15, 0.2) is 0 Å². The van der Waals surface area contributed by atoms with Crippen LogP contribution < -0.4 is 0 Å². The van der Waals surface area contributed by atoms with Crippen LogP contribution in [-0.2, 0) is 37.9 Å². The number of unbranched alkanes of at least 4 members (excludes halogenated alkanes) is 10.